The van der Waals surface area contributed by atoms with Gasteiger partial charge < -0.3 is 9.80 Å². The van der Waals surface area contributed by atoms with Gasteiger partial charge in [0.25, 0.3) is 0 Å². The molecule has 1 unspecified atom stereocenters. The lowest BCUT2D eigenvalue weighted by atomic mass is 9.68. The van der Waals surface area contributed by atoms with Crippen LogP contribution < -0.4 is 0 Å². The molecule has 3 saturated heterocycles. The number of likely N-dealkylation sites (tertiary alicyclic amines) is 2. The Labute approximate surface area is 226 Å². The van der Waals surface area contributed by atoms with Crippen LogP contribution in [0.3, 0.4) is 0 Å². The highest BCUT2D eigenvalue weighted by Crippen LogP contribution is 2.53. The zero-order valence-corrected chi connectivity index (χ0v) is 22.9. The standard InChI is InChI=1S/C32H39N5O/c1-30(21-34(2)18-19-35(3)22-30)37-24-31(26-12-6-4-7-13-26)23-36(20-28-16-10-11-17-33-28)25-32(37,29(31)38)27-14-8-5-9-15-27/h4-17H,18-25H2,1-3H3/t31-,32?/m1/s1. The van der Waals surface area contributed by atoms with Gasteiger partial charge in [0.05, 0.1) is 11.1 Å². The van der Waals surface area contributed by atoms with Crippen LogP contribution in [-0.4, -0.2) is 95.8 Å². The van der Waals surface area contributed by atoms with Gasteiger partial charge in [0.1, 0.15) is 5.54 Å². The van der Waals surface area contributed by atoms with Crippen molar-refractivity contribution in [3.63, 3.8) is 0 Å². The molecule has 0 radical (unpaired) electrons. The van der Waals surface area contributed by atoms with Gasteiger partial charge in [-0.05, 0) is 44.3 Å². The van der Waals surface area contributed by atoms with Crippen LogP contribution >= 0.6 is 0 Å². The van der Waals surface area contributed by atoms with Crippen molar-refractivity contribution in [3.05, 3.63) is 102 Å². The molecule has 6 rings (SSSR count). The number of pyridine rings is 1. The number of fused-ring (bicyclic) bond motifs is 2. The van der Waals surface area contributed by atoms with Crippen LogP contribution in [0.15, 0.2) is 85.1 Å². The molecule has 2 aromatic carbocycles. The van der Waals surface area contributed by atoms with Crippen LogP contribution in [0.4, 0.5) is 0 Å². The number of nitrogens with zero attached hydrogens (tertiary/aromatic N) is 5. The van der Waals surface area contributed by atoms with Crippen molar-refractivity contribution in [2.45, 2.75) is 30.0 Å². The lowest BCUT2D eigenvalue weighted by Gasteiger charge is -2.51. The summed E-state index contributed by atoms with van der Waals surface area (Å²) in [5, 5.41) is 0. The van der Waals surface area contributed by atoms with E-state index in [1.807, 2.05) is 18.3 Å². The molecule has 4 heterocycles. The molecule has 3 fully saturated rings. The van der Waals surface area contributed by atoms with E-state index in [-0.39, 0.29) is 5.54 Å². The van der Waals surface area contributed by atoms with Gasteiger partial charge >= 0.3 is 0 Å². The summed E-state index contributed by atoms with van der Waals surface area (Å²) >= 11 is 0. The van der Waals surface area contributed by atoms with E-state index in [9.17, 15) is 0 Å². The predicted molar refractivity (Wildman–Crippen MR) is 151 cm³/mol. The van der Waals surface area contributed by atoms with E-state index < -0.39 is 11.0 Å². The fraction of sp³-hybridized carbons (Fsp3) is 0.438. The van der Waals surface area contributed by atoms with Gasteiger partial charge in [0.15, 0.2) is 5.78 Å². The zero-order valence-electron chi connectivity index (χ0n) is 22.9. The van der Waals surface area contributed by atoms with Gasteiger partial charge in [-0.15, -0.1) is 0 Å². The molecular formula is C32H39N5O. The second-order valence-electron chi connectivity index (χ2n) is 12.0. The van der Waals surface area contributed by atoms with Crippen LogP contribution in [0, 0.1) is 0 Å². The summed E-state index contributed by atoms with van der Waals surface area (Å²) < 4.78 is 0. The first-order valence-corrected chi connectivity index (χ1v) is 13.8. The summed E-state index contributed by atoms with van der Waals surface area (Å²) in [5.41, 5.74) is 1.70. The third-order valence-electron chi connectivity index (χ3n) is 9.07. The Morgan fingerprint density at radius 1 is 0.737 bits per heavy atom. The maximum absolute atomic E-state index is 15.2. The van der Waals surface area contributed by atoms with Gasteiger partial charge in [0, 0.05) is 64.1 Å². The zero-order chi connectivity index (χ0) is 26.4. The summed E-state index contributed by atoms with van der Waals surface area (Å²) in [5.74, 6) is 0.343. The number of likely N-dealkylation sites (N-methyl/N-ethyl adjacent to an activating group) is 2. The molecule has 1 aromatic heterocycles. The third kappa shape index (κ3) is 4.11. The summed E-state index contributed by atoms with van der Waals surface area (Å²) in [6.07, 6.45) is 1.86. The monoisotopic (exact) mass is 509 g/mol. The number of Topliss-reactive ketones (excluding diaryl/α,β-unsaturated/α-hetero) is 1. The van der Waals surface area contributed by atoms with E-state index in [4.69, 9.17) is 0 Å². The van der Waals surface area contributed by atoms with Crippen LogP contribution in [-0.2, 0) is 22.3 Å². The molecule has 0 spiro atoms. The number of hydrogen-bond donors (Lipinski definition) is 0. The Morgan fingerprint density at radius 3 is 1.95 bits per heavy atom. The number of carbonyl (C=O) groups excluding carboxylic acids is 1. The minimum Gasteiger partial charge on any atom is -0.303 e. The first-order chi connectivity index (χ1) is 18.4. The van der Waals surface area contributed by atoms with Crippen molar-refractivity contribution in [1.82, 2.24) is 24.6 Å². The molecule has 6 nitrogen and oxygen atoms in total. The highest BCUT2D eigenvalue weighted by molar-refractivity contribution is 6.02. The Kier molecular flexibility index (Phi) is 6.47. The molecule has 3 aliphatic rings. The lowest BCUT2D eigenvalue weighted by Crippen LogP contribution is -2.66. The number of ketones is 1. The second kappa shape index (κ2) is 9.69. The van der Waals surface area contributed by atoms with Crippen molar-refractivity contribution in [2.24, 2.45) is 0 Å². The average molecular weight is 510 g/mol. The predicted octanol–water partition coefficient (Wildman–Crippen LogP) is 3.25. The summed E-state index contributed by atoms with van der Waals surface area (Å²) in [6, 6.07) is 27.2. The van der Waals surface area contributed by atoms with Gasteiger partial charge in [-0.25, -0.2) is 0 Å². The average Bonchev–Trinajstić information content (AvgIpc) is 3.02. The summed E-state index contributed by atoms with van der Waals surface area (Å²) in [6.45, 7) is 9.07. The van der Waals surface area contributed by atoms with Crippen molar-refractivity contribution in [3.8, 4) is 0 Å². The maximum Gasteiger partial charge on any atom is 0.172 e. The smallest absolute Gasteiger partial charge is 0.172 e. The topological polar surface area (TPSA) is 42.9 Å². The molecule has 0 aliphatic carbocycles. The minimum absolute atomic E-state index is 0.205. The Morgan fingerprint density at radius 2 is 1.34 bits per heavy atom. The molecule has 3 aromatic rings. The maximum atomic E-state index is 15.2. The van der Waals surface area contributed by atoms with Crippen LogP contribution in [0.25, 0.3) is 0 Å². The van der Waals surface area contributed by atoms with E-state index in [0.717, 1.165) is 49.5 Å². The molecule has 2 atom stereocenters. The normalized spacial score (nSPS) is 28.9. The fourth-order valence-corrected chi connectivity index (χ4v) is 7.57. The van der Waals surface area contributed by atoms with Gasteiger partial charge in [-0.3, -0.25) is 19.6 Å². The van der Waals surface area contributed by atoms with Crippen molar-refractivity contribution in [1.29, 1.82) is 0 Å². The largest absolute Gasteiger partial charge is 0.303 e. The van der Waals surface area contributed by atoms with E-state index in [1.165, 1.54) is 0 Å². The van der Waals surface area contributed by atoms with Crippen molar-refractivity contribution >= 4 is 5.78 Å². The number of piperidine rings is 1. The number of carbonyl (C=O) groups is 1. The Hall–Kier alpha value is -2.90. The molecule has 38 heavy (non-hydrogen) atoms. The SMILES string of the molecule is CN1CCN(C)CC(C)(N2C[C@@]3(c4ccccc4)CN(Cc4ccccn4)CC2(c2ccccc2)C3=O)C1. The number of rotatable bonds is 5. The van der Waals surface area contributed by atoms with E-state index in [2.05, 4.69) is 112 Å². The van der Waals surface area contributed by atoms with Crippen LogP contribution in [0.2, 0.25) is 0 Å². The lowest BCUT2D eigenvalue weighted by molar-refractivity contribution is -0.138. The fourth-order valence-electron chi connectivity index (χ4n) is 7.57. The second-order valence-corrected chi connectivity index (χ2v) is 12.0. The number of hydrogen-bond acceptors (Lipinski definition) is 6. The number of aromatic nitrogens is 1. The highest BCUT2D eigenvalue weighted by atomic mass is 16.1. The third-order valence-corrected chi connectivity index (χ3v) is 9.07. The minimum atomic E-state index is -0.745. The van der Waals surface area contributed by atoms with E-state index >= 15 is 4.79 Å². The number of benzene rings is 2. The molecule has 0 saturated carbocycles. The van der Waals surface area contributed by atoms with E-state index in [1.54, 1.807) is 0 Å². The molecule has 0 amide bonds. The molecule has 0 N–H and O–H groups in total. The van der Waals surface area contributed by atoms with Gasteiger partial charge in [0.2, 0.25) is 0 Å². The van der Waals surface area contributed by atoms with Gasteiger partial charge in [-0.1, -0.05) is 66.7 Å². The quantitative estimate of drug-likeness (QED) is 0.526. The first kappa shape index (κ1) is 25.4. The van der Waals surface area contributed by atoms with Crippen LogP contribution in [0.1, 0.15) is 23.7 Å². The molecular weight excluding hydrogens is 470 g/mol. The molecule has 6 heteroatoms. The highest BCUT2D eigenvalue weighted by Gasteiger charge is 2.69. The molecule has 2 bridgehead atoms. The molecule has 198 valence electrons. The molecule has 3 aliphatic heterocycles. The summed E-state index contributed by atoms with van der Waals surface area (Å²) in [4.78, 5) is 29.8. The first-order valence-electron chi connectivity index (χ1n) is 13.8. The van der Waals surface area contributed by atoms with Crippen molar-refractivity contribution < 1.29 is 4.79 Å². The van der Waals surface area contributed by atoms with Crippen molar-refractivity contribution in [2.75, 3.05) is 59.9 Å². The van der Waals surface area contributed by atoms with Gasteiger partial charge in [-0.2, -0.15) is 0 Å². The Bertz CT molecular complexity index is 1260. The van der Waals surface area contributed by atoms with E-state index in [0.29, 0.717) is 25.4 Å². The summed E-state index contributed by atoms with van der Waals surface area (Å²) in [7, 11) is 4.44. The van der Waals surface area contributed by atoms with Crippen LogP contribution in [0.5, 0.6) is 0 Å². The Balaban J connectivity index is 1.55.